The quantitative estimate of drug-likeness (QED) is 0.702. The molecule has 1 saturated heterocycles. The minimum absolute atomic E-state index is 0.0293. The average molecular weight is 386 g/mol. The van der Waals surface area contributed by atoms with Crippen molar-refractivity contribution in [3.63, 3.8) is 0 Å². The lowest BCUT2D eigenvalue weighted by Gasteiger charge is -2.33. The van der Waals surface area contributed by atoms with E-state index in [1.165, 1.54) is 0 Å². The number of carbonyl (C=O) groups excluding carboxylic acids is 1. The number of aliphatic imine (C=N–C) groups is 1. The van der Waals surface area contributed by atoms with Crippen LogP contribution in [-0.2, 0) is 4.79 Å². The minimum atomic E-state index is -0.0293. The predicted octanol–water partition coefficient (Wildman–Crippen LogP) is 1.93. The molecule has 152 valence electrons. The lowest BCUT2D eigenvalue weighted by atomic mass is 9.81. The van der Waals surface area contributed by atoms with Crippen LogP contribution in [0.1, 0.15) is 29.9 Å². The molecule has 0 spiro atoms. The Labute approximate surface area is 167 Å². The Morgan fingerprint density at radius 1 is 1.11 bits per heavy atom. The summed E-state index contributed by atoms with van der Waals surface area (Å²) in [5, 5.41) is 19.4. The second-order valence-electron chi connectivity index (χ2n) is 7.69. The highest BCUT2D eigenvalue weighted by Crippen LogP contribution is 2.34. The topological polar surface area (TPSA) is 76.4 Å². The van der Waals surface area contributed by atoms with Crippen molar-refractivity contribution in [1.82, 2.24) is 9.80 Å². The maximum absolute atomic E-state index is 12.5. The summed E-state index contributed by atoms with van der Waals surface area (Å²) in [6.07, 6.45) is 2.47. The fourth-order valence-electron chi connectivity index (χ4n) is 4.05. The number of β-amino-alcohol motifs (C(OH)–C–C–N with tert-alkyl or cyclic N) is 1. The number of rotatable bonds is 7. The lowest BCUT2D eigenvalue weighted by molar-refractivity contribution is -0.116. The standard InChI is InChI=1S/C22H31N3O3/c1-17-4-2-3-5-19(17)18-14-21(27)20(22(28)15-18)16-23-6-7-24-8-10-25(11-9-24)12-13-26/h2-5,16,18,26-27H,6-15H2,1H3. The van der Waals surface area contributed by atoms with E-state index in [-0.39, 0.29) is 24.1 Å². The number of carbonyl (C=O) groups is 1. The molecule has 1 aromatic carbocycles. The zero-order chi connectivity index (χ0) is 19.9. The summed E-state index contributed by atoms with van der Waals surface area (Å²) < 4.78 is 0. The minimum Gasteiger partial charge on any atom is -0.511 e. The largest absolute Gasteiger partial charge is 0.511 e. The zero-order valence-electron chi connectivity index (χ0n) is 16.7. The number of ketones is 1. The number of piperazine rings is 1. The van der Waals surface area contributed by atoms with E-state index in [4.69, 9.17) is 5.11 Å². The van der Waals surface area contributed by atoms with Gasteiger partial charge in [-0.05, 0) is 24.0 Å². The highest BCUT2D eigenvalue weighted by molar-refractivity contribution is 6.14. The van der Waals surface area contributed by atoms with Crippen molar-refractivity contribution in [2.45, 2.75) is 25.7 Å². The molecule has 1 fully saturated rings. The first kappa shape index (κ1) is 20.7. The van der Waals surface area contributed by atoms with Crippen molar-refractivity contribution >= 4 is 12.0 Å². The SMILES string of the molecule is Cc1ccccc1C1CC(=O)C(C=NCCN2CCN(CCO)CC2)=C(O)C1. The third-order valence-electron chi connectivity index (χ3n) is 5.76. The van der Waals surface area contributed by atoms with Crippen molar-refractivity contribution in [1.29, 1.82) is 0 Å². The first-order valence-electron chi connectivity index (χ1n) is 10.1. The van der Waals surface area contributed by atoms with Crippen molar-refractivity contribution < 1.29 is 15.0 Å². The summed E-state index contributed by atoms with van der Waals surface area (Å²) in [6.45, 7) is 8.33. The Hall–Kier alpha value is -2.02. The monoisotopic (exact) mass is 385 g/mol. The number of hydrogen-bond donors (Lipinski definition) is 2. The molecule has 2 N–H and O–H groups in total. The van der Waals surface area contributed by atoms with E-state index in [9.17, 15) is 9.90 Å². The van der Waals surface area contributed by atoms with Crippen molar-refractivity contribution in [3.8, 4) is 0 Å². The van der Waals surface area contributed by atoms with Gasteiger partial charge in [0.2, 0.25) is 0 Å². The van der Waals surface area contributed by atoms with Crippen LogP contribution in [0.3, 0.4) is 0 Å². The van der Waals surface area contributed by atoms with Gasteiger partial charge < -0.3 is 10.2 Å². The first-order valence-corrected chi connectivity index (χ1v) is 10.1. The number of aryl methyl sites for hydroxylation is 1. The Morgan fingerprint density at radius 3 is 2.43 bits per heavy atom. The van der Waals surface area contributed by atoms with Gasteiger partial charge in [-0.2, -0.15) is 0 Å². The van der Waals surface area contributed by atoms with Gasteiger partial charge in [-0.1, -0.05) is 24.3 Å². The van der Waals surface area contributed by atoms with E-state index in [1.807, 2.05) is 31.2 Å². The third kappa shape index (κ3) is 5.28. The number of benzene rings is 1. The molecular weight excluding hydrogens is 354 g/mol. The highest BCUT2D eigenvalue weighted by Gasteiger charge is 2.28. The van der Waals surface area contributed by atoms with Crippen molar-refractivity contribution in [2.75, 3.05) is 52.4 Å². The van der Waals surface area contributed by atoms with Crippen LogP contribution in [0.25, 0.3) is 0 Å². The van der Waals surface area contributed by atoms with Gasteiger partial charge in [0.15, 0.2) is 5.78 Å². The molecule has 1 aliphatic heterocycles. The van der Waals surface area contributed by atoms with E-state index >= 15 is 0 Å². The number of nitrogens with zero attached hydrogens (tertiary/aromatic N) is 3. The highest BCUT2D eigenvalue weighted by atomic mass is 16.3. The Balaban J connectivity index is 1.51. The van der Waals surface area contributed by atoms with Gasteiger partial charge in [0.25, 0.3) is 0 Å². The van der Waals surface area contributed by atoms with E-state index in [1.54, 1.807) is 6.21 Å². The molecule has 1 unspecified atom stereocenters. The molecule has 0 amide bonds. The molecular formula is C22H31N3O3. The fraction of sp³-hybridized carbons (Fsp3) is 0.545. The number of allylic oxidation sites excluding steroid dienone is 2. The molecule has 0 saturated carbocycles. The average Bonchev–Trinajstić information content (AvgIpc) is 2.68. The molecule has 1 heterocycles. The van der Waals surface area contributed by atoms with Gasteiger partial charge in [0, 0.05) is 58.3 Å². The number of Topliss-reactive ketones (excluding diaryl/α,β-unsaturated/α-hetero) is 1. The van der Waals surface area contributed by atoms with Crippen LogP contribution in [0.5, 0.6) is 0 Å². The van der Waals surface area contributed by atoms with Crippen LogP contribution >= 0.6 is 0 Å². The smallest absolute Gasteiger partial charge is 0.168 e. The molecule has 6 heteroatoms. The fourth-order valence-corrected chi connectivity index (χ4v) is 4.05. The number of aliphatic hydroxyl groups is 2. The molecule has 0 bridgehead atoms. The van der Waals surface area contributed by atoms with Crippen LogP contribution in [0, 0.1) is 6.92 Å². The number of hydrogen-bond acceptors (Lipinski definition) is 6. The van der Waals surface area contributed by atoms with E-state index in [2.05, 4.69) is 14.8 Å². The van der Waals surface area contributed by atoms with Gasteiger partial charge in [-0.15, -0.1) is 0 Å². The molecule has 1 aliphatic carbocycles. The second kappa shape index (κ2) is 9.96. The maximum Gasteiger partial charge on any atom is 0.168 e. The third-order valence-corrected chi connectivity index (χ3v) is 5.76. The zero-order valence-corrected chi connectivity index (χ0v) is 16.7. The molecule has 1 atom stereocenters. The Morgan fingerprint density at radius 2 is 1.79 bits per heavy atom. The van der Waals surface area contributed by atoms with Crippen LogP contribution in [-0.4, -0.2) is 84.4 Å². The Bertz CT molecular complexity index is 736. The second-order valence-corrected chi connectivity index (χ2v) is 7.69. The Kier molecular flexibility index (Phi) is 7.36. The predicted molar refractivity (Wildman–Crippen MR) is 111 cm³/mol. The molecule has 0 radical (unpaired) electrons. The molecule has 0 aromatic heterocycles. The van der Waals surface area contributed by atoms with Gasteiger partial charge >= 0.3 is 0 Å². The van der Waals surface area contributed by atoms with Gasteiger partial charge in [0.1, 0.15) is 5.76 Å². The summed E-state index contributed by atoms with van der Waals surface area (Å²) in [4.78, 5) is 21.6. The molecule has 6 nitrogen and oxygen atoms in total. The summed E-state index contributed by atoms with van der Waals surface area (Å²) >= 11 is 0. The first-order chi connectivity index (χ1) is 13.6. The molecule has 28 heavy (non-hydrogen) atoms. The van der Waals surface area contributed by atoms with Crippen LogP contribution in [0.15, 0.2) is 40.6 Å². The summed E-state index contributed by atoms with van der Waals surface area (Å²) in [7, 11) is 0. The molecule has 3 rings (SSSR count). The van der Waals surface area contributed by atoms with E-state index in [0.717, 1.165) is 50.4 Å². The van der Waals surface area contributed by atoms with Crippen LogP contribution in [0.2, 0.25) is 0 Å². The molecule has 1 aromatic rings. The van der Waals surface area contributed by atoms with Gasteiger partial charge in [-0.25, -0.2) is 0 Å². The van der Waals surface area contributed by atoms with E-state index < -0.39 is 0 Å². The maximum atomic E-state index is 12.5. The van der Waals surface area contributed by atoms with Crippen LogP contribution in [0.4, 0.5) is 0 Å². The summed E-state index contributed by atoms with van der Waals surface area (Å²) in [5.41, 5.74) is 2.67. The van der Waals surface area contributed by atoms with E-state index in [0.29, 0.717) is 25.0 Å². The van der Waals surface area contributed by atoms with Crippen LogP contribution < -0.4 is 0 Å². The molecule has 2 aliphatic rings. The van der Waals surface area contributed by atoms with Crippen molar-refractivity contribution in [2.24, 2.45) is 4.99 Å². The van der Waals surface area contributed by atoms with Crippen molar-refractivity contribution in [3.05, 3.63) is 46.7 Å². The summed E-state index contributed by atoms with van der Waals surface area (Å²) in [6, 6.07) is 8.05. The van der Waals surface area contributed by atoms with Gasteiger partial charge in [-0.3, -0.25) is 19.6 Å². The lowest BCUT2D eigenvalue weighted by Crippen LogP contribution is -2.47. The number of aliphatic hydroxyl groups excluding tert-OH is 2. The normalized spacial score (nSPS) is 22.4. The van der Waals surface area contributed by atoms with Gasteiger partial charge in [0.05, 0.1) is 18.7 Å². The summed E-state index contributed by atoms with van der Waals surface area (Å²) in [5.74, 6) is 0.172.